The fourth-order valence-corrected chi connectivity index (χ4v) is 2.22. The van der Waals surface area contributed by atoms with Crippen LogP contribution in [0, 0.1) is 6.92 Å². The molecule has 0 spiro atoms. The molecule has 0 amide bonds. The minimum absolute atomic E-state index is 0.968. The lowest BCUT2D eigenvalue weighted by atomic mass is 10.2. The predicted molar refractivity (Wildman–Crippen MR) is 73.3 cm³/mol. The van der Waals surface area contributed by atoms with Crippen molar-refractivity contribution in [2.75, 3.05) is 11.9 Å². The van der Waals surface area contributed by atoms with Crippen LogP contribution in [0.2, 0.25) is 0 Å². The van der Waals surface area contributed by atoms with Gasteiger partial charge in [-0.25, -0.2) is 0 Å². The van der Waals surface area contributed by atoms with Gasteiger partial charge >= 0.3 is 0 Å². The van der Waals surface area contributed by atoms with E-state index in [1.54, 1.807) is 0 Å². The monoisotopic (exact) mass is 280 g/mol. The van der Waals surface area contributed by atoms with Crippen LogP contribution in [0.1, 0.15) is 31.2 Å². The van der Waals surface area contributed by atoms with E-state index < -0.39 is 0 Å². The van der Waals surface area contributed by atoms with Gasteiger partial charge in [-0.05, 0) is 37.5 Å². The van der Waals surface area contributed by atoms with Gasteiger partial charge in [0.2, 0.25) is 0 Å². The molecule has 1 aromatic carbocycles. The van der Waals surface area contributed by atoms with E-state index in [0.717, 1.165) is 29.0 Å². The molecule has 0 unspecified atom stereocenters. The molecule has 1 aliphatic rings. The van der Waals surface area contributed by atoms with Crippen molar-refractivity contribution >= 4 is 27.5 Å². The van der Waals surface area contributed by atoms with Gasteiger partial charge in [0.15, 0.2) is 0 Å². The number of aryl methyl sites for hydroxylation is 1. The number of halogens is 1. The molecule has 2 rings (SSSR count). The van der Waals surface area contributed by atoms with Crippen molar-refractivity contribution in [2.45, 2.75) is 32.6 Å². The largest absolute Gasteiger partial charge is 0.344 e. The van der Waals surface area contributed by atoms with E-state index >= 15 is 0 Å². The smallest absolute Gasteiger partial charge is 0.101 e. The highest BCUT2D eigenvalue weighted by atomic mass is 79.9. The predicted octanol–water partition coefficient (Wildman–Crippen LogP) is 4.14. The molecule has 86 valence electrons. The van der Waals surface area contributed by atoms with Crippen molar-refractivity contribution in [3.63, 3.8) is 0 Å². The third-order valence-electron chi connectivity index (χ3n) is 2.85. The van der Waals surface area contributed by atoms with E-state index in [-0.39, 0.29) is 0 Å². The van der Waals surface area contributed by atoms with E-state index in [9.17, 15) is 0 Å². The Morgan fingerprint density at radius 3 is 3.00 bits per heavy atom. The standard InChI is InChI=1S/C13H17BrN2/c1-10-6-7-11(14)9-12(10)16-13-5-3-2-4-8-15-13/h6-7,9H,2-5,8H2,1H3,(H,15,16). The summed E-state index contributed by atoms with van der Waals surface area (Å²) < 4.78 is 1.11. The number of aliphatic imine (C=N–C) groups is 1. The number of amidine groups is 1. The van der Waals surface area contributed by atoms with Crippen LogP contribution in [0.5, 0.6) is 0 Å². The number of hydrogen-bond acceptors (Lipinski definition) is 2. The van der Waals surface area contributed by atoms with Gasteiger partial charge in [-0.15, -0.1) is 0 Å². The molecule has 0 atom stereocenters. The molecule has 0 aromatic heterocycles. The third kappa shape index (κ3) is 3.08. The van der Waals surface area contributed by atoms with Crippen LogP contribution in [0.15, 0.2) is 27.7 Å². The summed E-state index contributed by atoms with van der Waals surface area (Å²) in [5, 5.41) is 3.45. The summed E-state index contributed by atoms with van der Waals surface area (Å²) in [6.07, 6.45) is 4.85. The van der Waals surface area contributed by atoms with E-state index in [1.165, 1.54) is 24.8 Å². The zero-order chi connectivity index (χ0) is 11.4. The molecular weight excluding hydrogens is 264 g/mol. The van der Waals surface area contributed by atoms with Crippen molar-refractivity contribution in [1.82, 2.24) is 0 Å². The number of nitrogens with zero attached hydrogens (tertiary/aromatic N) is 1. The van der Waals surface area contributed by atoms with Crippen molar-refractivity contribution in [2.24, 2.45) is 4.99 Å². The van der Waals surface area contributed by atoms with Gasteiger partial charge in [0.25, 0.3) is 0 Å². The number of rotatable bonds is 1. The summed E-state index contributed by atoms with van der Waals surface area (Å²) in [5.74, 6) is 1.14. The highest BCUT2D eigenvalue weighted by Crippen LogP contribution is 2.21. The fourth-order valence-electron chi connectivity index (χ4n) is 1.86. The zero-order valence-electron chi connectivity index (χ0n) is 9.59. The molecule has 0 saturated heterocycles. The first-order chi connectivity index (χ1) is 7.75. The van der Waals surface area contributed by atoms with Crippen LogP contribution < -0.4 is 5.32 Å². The fraction of sp³-hybridized carbons (Fsp3) is 0.462. The van der Waals surface area contributed by atoms with Gasteiger partial charge in [-0.1, -0.05) is 28.4 Å². The molecule has 2 nitrogen and oxygen atoms in total. The lowest BCUT2D eigenvalue weighted by Crippen LogP contribution is -2.12. The Morgan fingerprint density at radius 1 is 1.25 bits per heavy atom. The Morgan fingerprint density at radius 2 is 2.12 bits per heavy atom. The summed E-state index contributed by atoms with van der Waals surface area (Å²) in [6.45, 7) is 3.08. The molecule has 0 bridgehead atoms. The maximum absolute atomic E-state index is 4.58. The Labute approximate surface area is 105 Å². The Kier molecular flexibility index (Phi) is 3.99. The van der Waals surface area contributed by atoms with Crippen LogP contribution in [0.3, 0.4) is 0 Å². The van der Waals surface area contributed by atoms with Crippen molar-refractivity contribution < 1.29 is 0 Å². The second kappa shape index (κ2) is 5.48. The molecule has 3 heteroatoms. The highest BCUT2D eigenvalue weighted by Gasteiger charge is 2.06. The van der Waals surface area contributed by atoms with Crippen LogP contribution >= 0.6 is 15.9 Å². The molecule has 0 radical (unpaired) electrons. The van der Waals surface area contributed by atoms with Crippen LogP contribution in [0.4, 0.5) is 5.69 Å². The number of hydrogen-bond donors (Lipinski definition) is 1. The molecular formula is C13H17BrN2. The summed E-state index contributed by atoms with van der Waals surface area (Å²) in [4.78, 5) is 4.58. The Balaban J connectivity index is 2.13. The summed E-state index contributed by atoms with van der Waals surface area (Å²) in [7, 11) is 0. The lowest BCUT2D eigenvalue weighted by molar-refractivity contribution is 0.731. The summed E-state index contributed by atoms with van der Waals surface area (Å²) >= 11 is 3.50. The Hall–Kier alpha value is -0.830. The van der Waals surface area contributed by atoms with Crippen molar-refractivity contribution in [3.8, 4) is 0 Å². The highest BCUT2D eigenvalue weighted by molar-refractivity contribution is 9.10. The summed E-state index contributed by atoms with van der Waals surface area (Å²) in [5.41, 5.74) is 2.42. The Bertz CT molecular complexity index is 399. The lowest BCUT2D eigenvalue weighted by Gasteiger charge is -2.11. The molecule has 0 aliphatic carbocycles. The van der Waals surface area contributed by atoms with Gasteiger partial charge in [0.05, 0.1) is 0 Å². The first kappa shape index (κ1) is 11.6. The molecule has 16 heavy (non-hydrogen) atoms. The van der Waals surface area contributed by atoms with Crippen LogP contribution in [-0.4, -0.2) is 12.4 Å². The van der Waals surface area contributed by atoms with E-state index in [1.807, 2.05) is 0 Å². The van der Waals surface area contributed by atoms with Gasteiger partial charge in [-0.3, -0.25) is 4.99 Å². The van der Waals surface area contributed by atoms with Gasteiger partial charge in [-0.2, -0.15) is 0 Å². The second-order valence-corrected chi connectivity index (χ2v) is 5.14. The molecule has 1 aliphatic heterocycles. The van der Waals surface area contributed by atoms with E-state index in [2.05, 4.69) is 51.4 Å². The summed E-state index contributed by atoms with van der Waals surface area (Å²) in [6, 6.07) is 6.29. The average Bonchev–Trinajstić information content (AvgIpc) is 2.52. The van der Waals surface area contributed by atoms with Crippen molar-refractivity contribution in [3.05, 3.63) is 28.2 Å². The SMILES string of the molecule is Cc1ccc(Br)cc1NC1=NCCCCC1. The molecule has 0 saturated carbocycles. The number of anilines is 1. The maximum atomic E-state index is 4.58. The second-order valence-electron chi connectivity index (χ2n) is 4.22. The first-order valence-electron chi connectivity index (χ1n) is 5.82. The zero-order valence-corrected chi connectivity index (χ0v) is 11.2. The molecule has 1 N–H and O–H groups in total. The van der Waals surface area contributed by atoms with Gasteiger partial charge in [0.1, 0.15) is 5.84 Å². The topological polar surface area (TPSA) is 24.4 Å². The van der Waals surface area contributed by atoms with Gasteiger partial charge in [0, 0.05) is 23.1 Å². The van der Waals surface area contributed by atoms with Crippen LogP contribution in [-0.2, 0) is 0 Å². The molecule has 1 heterocycles. The van der Waals surface area contributed by atoms with E-state index in [0.29, 0.717) is 0 Å². The third-order valence-corrected chi connectivity index (χ3v) is 3.35. The average molecular weight is 281 g/mol. The van der Waals surface area contributed by atoms with Crippen LogP contribution in [0.25, 0.3) is 0 Å². The normalized spacial score (nSPS) is 16.5. The number of nitrogens with one attached hydrogen (secondary N) is 1. The molecule has 1 aromatic rings. The maximum Gasteiger partial charge on any atom is 0.101 e. The van der Waals surface area contributed by atoms with Gasteiger partial charge < -0.3 is 5.32 Å². The first-order valence-corrected chi connectivity index (χ1v) is 6.61. The van der Waals surface area contributed by atoms with Crippen molar-refractivity contribution in [1.29, 1.82) is 0 Å². The van der Waals surface area contributed by atoms with E-state index in [4.69, 9.17) is 0 Å². The quantitative estimate of drug-likeness (QED) is 0.822. The minimum Gasteiger partial charge on any atom is -0.344 e. The minimum atomic E-state index is 0.968. The molecule has 0 fully saturated rings. The number of benzene rings is 1.